The maximum atomic E-state index is 12.1. The molecule has 0 bridgehead atoms. The third-order valence-corrected chi connectivity index (χ3v) is 4.03. The van der Waals surface area contributed by atoms with Gasteiger partial charge in [0.15, 0.2) is 6.10 Å². The second kappa shape index (κ2) is 6.78. The number of benzene rings is 1. The van der Waals surface area contributed by atoms with Crippen LogP contribution in [0.15, 0.2) is 24.3 Å². The van der Waals surface area contributed by atoms with Gasteiger partial charge >= 0.3 is 0 Å². The lowest BCUT2D eigenvalue weighted by atomic mass is 9.87. The van der Waals surface area contributed by atoms with E-state index < -0.39 is 6.10 Å². The Balaban J connectivity index is 1.83. The van der Waals surface area contributed by atoms with Crippen LogP contribution in [0.5, 0.6) is 5.75 Å². The molecule has 1 aromatic carbocycles. The van der Waals surface area contributed by atoms with Gasteiger partial charge in [-0.2, -0.15) is 0 Å². The van der Waals surface area contributed by atoms with Gasteiger partial charge in [-0.15, -0.1) is 0 Å². The number of aryl methyl sites for hydroxylation is 1. The molecule has 0 heterocycles. The molecule has 2 rings (SSSR count). The molecule has 1 aromatic rings. The molecule has 0 aliphatic heterocycles. The molecule has 1 saturated carbocycles. The van der Waals surface area contributed by atoms with Gasteiger partial charge in [-0.25, -0.2) is 0 Å². The highest BCUT2D eigenvalue weighted by Gasteiger charge is 2.22. The quantitative estimate of drug-likeness (QED) is 0.914. The predicted octanol–water partition coefficient (Wildman–Crippen LogP) is 3.46. The van der Waals surface area contributed by atoms with Crippen LogP contribution in [-0.4, -0.2) is 18.1 Å². The molecule has 3 heteroatoms. The van der Waals surface area contributed by atoms with E-state index in [-0.39, 0.29) is 5.91 Å². The Morgan fingerprint density at radius 2 is 2.00 bits per heavy atom. The zero-order valence-electron chi connectivity index (χ0n) is 12.7. The first-order valence-electron chi connectivity index (χ1n) is 7.58. The Bertz CT molecular complexity index is 450. The van der Waals surface area contributed by atoms with Gasteiger partial charge in [0.05, 0.1) is 0 Å². The van der Waals surface area contributed by atoms with Crippen LogP contribution in [0.2, 0.25) is 0 Å². The summed E-state index contributed by atoms with van der Waals surface area (Å²) < 4.78 is 5.71. The van der Waals surface area contributed by atoms with E-state index in [1.54, 1.807) is 0 Å². The summed E-state index contributed by atoms with van der Waals surface area (Å²) in [5, 5.41) is 3.11. The molecule has 0 aromatic heterocycles. The lowest BCUT2D eigenvalue weighted by Crippen LogP contribution is -2.43. The van der Waals surface area contributed by atoms with Crippen LogP contribution in [0.25, 0.3) is 0 Å². The van der Waals surface area contributed by atoms with E-state index >= 15 is 0 Å². The van der Waals surface area contributed by atoms with Crippen molar-refractivity contribution in [3.05, 3.63) is 29.8 Å². The predicted molar refractivity (Wildman–Crippen MR) is 80.8 cm³/mol. The van der Waals surface area contributed by atoms with Crippen molar-refractivity contribution in [3.63, 3.8) is 0 Å². The highest BCUT2D eigenvalue weighted by atomic mass is 16.5. The van der Waals surface area contributed by atoms with Gasteiger partial charge in [0.1, 0.15) is 5.75 Å². The fourth-order valence-corrected chi connectivity index (χ4v) is 2.67. The molecule has 1 N–H and O–H groups in total. The fourth-order valence-electron chi connectivity index (χ4n) is 2.67. The zero-order chi connectivity index (χ0) is 14.5. The molecule has 1 aliphatic rings. The van der Waals surface area contributed by atoms with Crippen molar-refractivity contribution in [1.82, 2.24) is 5.32 Å². The lowest BCUT2D eigenvalue weighted by Gasteiger charge is -2.28. The molecule has 0 spiro atoms. The molecule has 110 valence electrons. The maximum absolute atomic E-state index is 12.1. The summed E-state index contributed by atoms with van der Waals surface area (Å²) in [6.07, 6.45) is 4.14. The van der Waals surface area contributed by atoms with Gasteiger partial charge in [-0.3, -0.25) is 4.79 Å². The fraction of sp³-hybridized carbons (Fsp3) is 0.588. The number of hydrogen-bond donors (Lipinski definition) is 1. The average molecular weight is 275 g/mol. The van der Waals surface area contributed by atoms with Gasteiger partial charge in [-0.05, 0) is 63.1 Å². The topological polar surface area (TPSA) is 38.3 Å². The number of carbonyl (C=O) groups excluding carboxylic acids is 1. The largest absolute Gasteiger partial charge is 0.481 e. The lowest BCUT2D eigenvalue weighted by molar-refractivity contribution is -0.128. The molecule has 1 aliphatic carbocycles. The van der Waals surface area contributed by atoms with Gasteiger partial charge < -0.3 is 10.1 Å². The highest BCUT2D eigenvalue weighted by molar-refractivity contribution is 5.81. The second-order valence-corrected chi connectivity index (χ2v) is 6.04. The Labute approximate surface area is 121 Å². The third kappa shape index (κ3) is 4.26. The number of carbonyl (C=O) groups is 1. The molecule has 3 nitrogen and oxygen atoms in total. The Kier molecular flexibility index (Phi) is 5.05. The summed E-state index contributed by atoms with van der Waals surface area (Å²) in [6.45, 7) is 6.10. The summed E-state index contributed by atoms with van der Waals surface area (Å²) >= 11 is 0. The number of amides is 1. The van der Waals surface area contributed by atoms with Crippen molar-refractivity contribution < 1.29 is 9.53 Å². The van der Waals surface area contributed by atoms with E-state index in [1.165, 1.54) is 12.8 Å². The molecular formula is C17H25NO2. The van der Waals surface area contributed by atoms with E-state index in [4.69, 9.17) is 4.74 Å². The summed E-state index contributed by atoms with van der Waals surface area (Å²) in [4.78, 5) is 12.1. The molecule has 1 unspecified atom stereocenters. The zero-order valence-corrected chi connectivity index (χ0v) is 12.7. The first kappa shape index (κ1) is 14.9. The first-order valence-corrected chi connectivity index (χ1v) is 7.58. The average Bonchev–Trinajstić information content (AvgIpc) is 2.41. The Morgan fingerprint density at radius 1 is 1.30 bits per heavy atom. The number of rotatable bonds is 4. The van der Waals surface area contributed by atoms with Crippen molar-refractivity contribution in [2.45, 2.75) is 58.6 Å². The summed E-state index contributed by atoms with van der Waals surface area (Å²) in [5.41, 5.74) is 1.14. The minimum Gasteiger partial charge on any atom is -0.481 e. The minimum atomic E-state index is -0.448. The molecule has 20 heavy (non-hydrogen) atoms. The smallest absolute Gasteiger partial charge is 0.260 e. The molecular weight excluding hydrogens is 250 g/mol. The highest BCUT2D eigenvalue weighted by Crippen LogP contribution is 2.23. The van der Waals surface area contributed by atoms with Crippen molar-refractivity contribution in [2.24, 2.45) is 5.92 Å². The standard InChI is InChI=1S/C17H25NO2/c1-12-7-9-15(10-8-12)18-17(19)14(3)20-16-6-4-5-13(2)11-16/h4-6,11-12,14-15H,7-10H2,1-3H3,(H,18,19). The maximum Gasteiger partial charge on any atom is 0.260 e. The van der Waals surface area contributed by atoms with Crippen molar-refractivity contribution in [2.75, 3.05) is 0 Å². The van der Waals surface area contributed by atoms with Gasteiger partial charge in [-0.1, -0.05) is 19.1 Å². The Hall–Kier alpha value is -1.51. The van der Waals surface area contributed by atoms with Crippen LogP contribution >= 0.6 is 0 Å². The molecule has 1 atom stereocenters. The van der Waals surface area contributed by atoms with E-state index in [9.17, 15) is 4.79 Å². The Morgan fingerprint density at radius 3 is 2.65 bits per heavy atom. The first-order chi connectivity index (χ1) is 9.54. The van der Waals surface area contributed by atoms with Gasteiger partial charge in [0, 0.05) is 6.04 Å². The summed E-state index contributed by atoms with van der Waals surface area (Å²) in [6, 6.07) is 8.12. The number of nitrogens with one attached hydrogen (secondary N) is 1. The minimum absolute atomic E-state index is 0.00828. The molecule has 0 saturated heterocycles. The SMILES string of the molecule is Cc1cccc(OC(C)C(=O)NC2CCC(C)CC2)c1. The summed E-state index contributed by atoms with van der Waals surface area (Å²) in [5.74, 6) is 1.54. The van der Waals surface area contributed by atoms with Gasteiger partial charge in [0.2, 0.25) is 0 Å². The van der Waals surface area contributed by atoms with E-state index in [2.05, 4.69) is 12.2 Å². The number of hydrogen-bond acceptors (Lipinski definition) is 2. The molecule has 0 radical (unpaired) electrons. The number of ether oxygens (including phenoxy) is 1. The van der Waals surface area contributed by atoms with Crippen molar-refractivity contribution in [3.8, 4) is 5.75 Å². The third-order valence-electron chi connectivity index (χ3n) is 4.03. The van der Waals surface area contributed by atoms with Crippen LogP contribution in [0, 0.1) is 12.8 Å². The molecule has 1 fully saturated rings. The van der Waals surface area contributed by atoms with Crippen LogP contribution in [0.1, 0.15) is 45.1 Å². The van der Waals surface area contributed by atoms with E-state index in [1.807, 2.05) is 38.1 Å². The van der Waals surface area contributed by atoms with Crippen LogP contribution in [0.3, 0.4) is 0 Å². The van der Waals surface area contributed by atoms with Crippen molar-refractivity contribution in [1.29, 1.82) is 0 Å². The normalized spacial score (nSPS) is 23.9. The molecule has 1 amide bonds. The van der Waals surface area contributed by atoms with E-state index in [0.717, 1.165) is 30.1 Å². The van der Waals surface area contributed by atoms with Crippen LogP contribution < -0.4 is 10.1 Å². The second-order valence-electron chi connectivity index (χ2n) is 6.04. The summed E-state index contributed by atoms with van der Waals surface area (Å²) in [7, 11) is 0. The van der Waals surface area contributed by atoms with Gasteiger partial charge in [0.25, 0.3) is 5.91 Å². The van der Waals surface area contributed by atoms with Crippen LogP contribution in [0.4, 0.5) is 0 Å². The van der Waals surface area contributed by atoms with Crippen LogP contribution in [-0.2, 0) is 4.79 Å². The van der Waals surface area contributed by atoms with E-state index in [0.29, 0.717) is 6.04 Å². The van der Waals surface area contributed by atoms with Crippen molar-refractivity contribution >= 4 is 5.91 Å². The monoisotopic (exact) mass is 275 g/mol.